The van der Waals surface area contributed by atoms with Crippen molar-refractivity contribution in [3.05, 3.63) is 24.3 Å². The van der Waals surface area contributed by atoms with Gasteiger partial charge in [0.15, 0.2) is 0 Å². The van der Waals surface area contributed by atoms with Gasteiger partial charge < -0.3 is 10.3 Å². The molecule has 4 heteroatoms. The molecule has 2 N–H and O–H groups in total. The lowest BCUT2D eigenvalue weighted by molar-refractivity contribution is 0.192. The fourth-order valence-corrected chi connectivity index (χ4v) is 3.96. The predicted octanol–water partition coefficient (Wildman–Crippen LogP) is 3.22. The summed E-state index contributed by atoms with van der Waals surface area (Å²) in [5, 5.41) is 0. The van der Waals surface area contributed by atoms with Crippen molar-refractivity contribution in [3.63, 3.8) is 0 Å². The molecule has 2 aliphatic rings. The summed E-state index contributed by atoms with van der Waals surface area (Å²) in [7, 11) is 0. The molecule has 2 saturated carbocycles. The van der Waals surface area contributed by atoms with Gasteiger partial charge in [-0.15, -0.1) is 0 Å². The minimum absolute atomic E-state index is 0.277. The van der Waals surface area contributed by atoms with E-state index in [-0.39, 0.29) is 5.41 Å². The lowest BCUT2D eigenvalue weighted by atomic mass is 9.71. The first-order valence-corrected chi connectivity index (χ1v) is 8.32. The van der Waals surface area contributed by atoms with Gasteiger partial charge in [-0.25, -0.2) is 4.98 Å². The van der Waals surface area contributed by atoms with Gasteiger partial charge >= 0.3 is 0 Å². The van der Waals surface area contributed by atoms with E-state index in [0.29, 0.717) is 6.04 Å². The minimum Gasteiger partial charge on any atom is -0.330 e. The highest BCUT2D eigenvalue weighted by Crippen LogP contribution is 2.42. The van der Waals surface area contributed by atoms with Crippen molar-refractivity contribution in [3.8, 4) is 0 Å². The fraction of sp³-hybridized carbons (Fsp3) is 0.647. The number of hydrogen-bond donors (Lipinski definition) is 1. The minimum atomic E-state index is 0.277. The van der Waals surface area contributed by atoms with Gasteiger partial charge in [0, 0.05) is 18.7 Å². The van der Waals surface area contributed by atoms with Gasteiger partial charge in [0.2, 0.25) is 0 Å². The molecule has 4 rings (SSSR count). The van der Waals surface area contributed by atoms with Crippen LogP contribution in [0.25, 0.3) is 11.0 Å². The third-order valence-corrected chi connectivity index (χ3v) is 5.36. The molecule has 2 aliphatic carbocycles. The number of nitrogens with two attached hydrogens (primary N) is 1. The maximum Gasteiger partial charge on any atom is 0.110 e. The Hall–Kier alpha value is -1.42. The molecule has 112 valence electrons. The maximum absolute atomic E-state index is 6.17. The number of aromatic nitrogens is 3. The average molecular weight is 284 g/mol. The van der Waals surface area contributed by atoms with E-state index >= 15 is 0 Å². The molecule has 0 saturated heterocycles. The molecule has 0 unspecified atom stereocenters. The highest BCUT2D eigenvalue weighted by molar-refractivity contribution is 5.75. The number of rotatable bonds is 4. The van der Waals surface area contributed by atoms with Gasteiger partial charge in [-0.2, -0.15) is 0 Å². The van der Waals surface area contributed by atoms with Gasteiger partial charge in [-0.1, -0.05) is 19.3 Å². The second kappa shape index (κ2) is 5.09. The third kappa shape index (κ3) is 2.35. The summed E-state index contributed by atoms with van der Waals surface area (Å²) >= 11 is 0. The Morgan fingerprint density at radius 1 is 1.24 bits per heavy atom. The Balaban J connectivity index is 1.73. The van der Waals surface area contributed by atoms with E-state index in [2.05, 4.69) is 15.6 Å². The van der Waals surface area contributed by atoms with Crippen molar-refractivity contribution < 1.29 is 0 Å². The SMILES string of the molecule is NCC1(Cc2nc3cnccc3n2C2CC2)CCCCC1. The van der Waals surface area contributed by atoms with Crippen molar-refractivity contribution in [2.24, 2.45) is 11.1 Å². The van der Waals surface area contributed by atoms with Crippen molar-refractivity contribution >= 4 is 11.0 Å². The zero-order valence-corrected chi connectivity index (χ0v) is 12.6. The van der Waals surface area contributed by atoms with Crippen LogP contribution < -0.4 is 5.73 Å². The van der Waals surface area contributed by atoms with Crippen LogP contribution in [0.2, 0.25) is 0 Å². The van der Waals surface area contributed by atoms with E-state index in [4.69, 9.17) is 10.7 Å². The summed E-state index contributed by atoms with van der Waals surface area (Å²) in [6.07, 6.45) is 13.9. The summed E-state index contributed by atoms with van der Waals surface area (Å²) in [5.41, 5.74) is 8.75. The third-order valence-electron chi connectivity index (χ3n) is 5.36. The Bertz CT molecular complexity index is 635. The molecule has 4 nitrogen and oxygen atoms in total. The molecule has 0 aromatic carbocycles. The zero-order valence-electron chi connectivity index (χ0n) is 12.6. The van der Waals surface area contributed by atoms with Crippen LogP contribution in [0.5, 0.6) is 0 Å². The van der Waals surface area contributed by atoms with E-state index < -0.39 is 0 Å². The van der Waals surface area contributed by atoms with Gasteiger partial charge in [0.25, 0.3) is 0 Å². The van der Waals surface area contributed by atoms with Crippen LogP contribution in [0, 0.1) is 5.41 Å². The Labute approximate surface area is 125 Å². The Morgan fingerprint density at radius 3 is 2.76 bits per heavy atom. The molecular weight excluding hydrogens is 260 g/mol. The molecule has 0 atom stereocenters. The average Bonchev–Trinajstić information content (AvgIpc) is 3.29. The van der Waals surface area contributed by atoms with Gasteiger partial charge in [-0.05, 0) is 43.7 Å². The van der Waals surface area contributed by atoms with E-state index in [1.165, 1.54) is 56.3 Å². The van der Waals surface area contributed by atoms with E-state index in [0.717, 1.165) is 18.5 Å². The monoisotopic (exact) mass is 284 g/mol. The summed E-state index contributed by atoms with van der Waals surface area (Å²) in [5.74, 6) is 1.24. The lowest BCUT2D eigenvalue weighted by Gasteiger charge is -2.36. The van der Waals surface area contributed by atoms with Crippen molar-refractivity contribution in [1.29, 1.82) is 0 Å². The van der Waals surface area contributed by atoms with Crippen molar-refractivity contribution in [2.75, 3.05) is 6.54 Å². The van der Waals surface area contributed by atoms with E-state index in [1.54, 1.807) is 0 Å². The summed E-state index contributed by atoms with van der Waals surface area (Å²) < 4.78 is 2.48. The lowest BCUT2D eigenvalue weighted by Crippen LogP contribution is -2.35. The van der Waals surface area contributed by atoms with Gasteiger partial charge in [0.05, 0.1) is 11.7 Å². The number of imidazole rings is 1. The van der Waals surface area contributed by atoms with Gasteiger partial charge in [-0.3, -0.25) is 4.98 Å². The van der Waals surface area contributed by atoms with Crippen LogP contribution in [0.1, 0.15) is 56.8 Å². The Kier molecular flexibility index (Phi) is 3.21. The summed E-state index contributed by atoms with van der Waals surface area (Å²) in [4.78, 5) is 9.14. The molecule has 0 aliphatic heterocycles. The van der Waals surface area contributed by atoms with Crippen LogP contribution in [0.15, 0.2) is 18.5 Å². The molecule has 0 spiro atoms. The van der Waals surface area contributed by atoms with Crippen LogP contribution in [-0.4, -0.2) is 21.1 Å². The fourth-order valence-electron chi connectivity index (χ4n) is 3.96. The molecule has 0 bridgehead atoms. The standard InChI is InChI=1S/C17H24N4/c18-12-17(7-2-1-3-8-17)10-16-20-14-11-19-9-6-15(14)21(16)13-4-5-13/h6,9,11,13H,1-5,7-8,10,12,18H2. The topological polar surface area (TPSA) is 56.7 Å². The number of pyridine rings is 1. The molecule has 2 aromatic rings. The summed E-state index contributed by atoms with van der Waals surface area (Å²) in [6.45, 7) is 0.791. The zero-order chi connectivity index (χ0) is 14.3. The van der Waals surface area contributed by atoms with Crippen molar-refractivity contribution in [2.45, 2.75) is 57.4 Å². The predicted molar refractivity (Wildman–Crippen MR) is 84.1 cm³/mol. The Morgan fingerprint density at radius 2 is 2.05 bits per heavy atom. The van der Waals surface area contributed by atoms with Crippen LogP contribution in [0.4, 0.5) is 0 Å². The number of nitrogens with zero attached hydrogens (tertiary/aromatic N) is 3. The van der Waals surface area contributed by atoms with Crippen molar-refractivity contribution in [1.82, 2.24) is 14.5 Å². The molecule has 21 heavy (non-hydrogen) atoms. The first kappa shape index (κ1) is 13.3. The highest BCUT2D eigenvalue weighted by Gasteiger charge is 2.35. The molecule has 0 radical (unpaired) electrons. The first-order chi connectivity index (χ1) is 10.3. The summed E-state index contributed by atoms with van der Waals surface area (Å²) in [6, 6.07) is 2.77. The van der Waals surface area contributed by atoms with Crippen LogP contribution in [0.3, 0.4) is 0 Å². The van der Waals surface area contributed by atoms with Crippen LogP contribution in [-0.2, 0) is 6.42 Å². The van der Waals surface area contributed by atoms with Crippen LogP contribution >= 0.6 is 0 Å². The highest BCUT2D eigenvalue weighted by atomic mass is 15.1. The maximum atomic E-state index is 6.17. The van der Waals surface area contributed by atoms with E-state index in [9.17, 15) is 0 Å². The molecule has 2 heterocycles. The van der Waals surface area contributed by atoms with E-state index in [1.807, 2.05) is 12.4 Å². The smallest absolute Gasteiger partial charge is 0.110 e. The quantitative estimate of drug-likeness (QED) is 0.938. The second-order valence-corrected chi connectivity index (χ2v) is 6.94. The normalized spacial score (nSPS) is 21.8. The first-order valence-electron chi connectivity index (χ1n) is 8.32. The second-order valence-electron chi connectivity index (χ2n) is 6.94. The number of fused-ring (bicyclic) bond motifs is 1. The van der Waals surface area contributed by atoms with Gasteiger partial charge in [0.1, 0.15) is 11.3 Å². The molecular formula is C17H24N4. The largest absolute Gasteiger partial charge is 0.330 e. The number of hydrogen-bond acceptors (Lipinski definition) is 3. The molecule has 2 aromatic heterocycles. The molecule has 0 amide bonds. The molecule has 2 fully saturated rings.